The number of aromatic nitrogens is 1. The van der Waals surface area contributed by atoms with Gasteiger partial charge in [0, 0.05) is 12.5 Å². The van der Waals surface area contributed by atoms with Gasteiger partial charge in [0.1, 0.15) is 5.76 Å². The Morgan fingerprint density at radius 1 is 1.75 bits per heavy atom. The van der Waals surface area contributed by atoms with E-state index in [-0.39, 0.29) is 5.69 Å². The normalized spacial score (nSPS) is 10.6. The number of hydrogen-bond acceptors (Lipinski definition) is 3. The molecular weight excluding hydrogens is 156 g/mol. The molecule has 0 saturated carbocycles. The zero-order chi connectivity index (χ0) is 9.14. The third-order valence-electron chi connectivity index (χ3n) is 1.42. The Bertz CT molecular complexity index is 278. The van der Waals surface area contributed by atoms with Crippen LogP contribution < -0.4 is 5.73 Å². The van der Waals surface area contributed by atoms with Gasteiger partial charge in [0.25, 0.3) is 5.91 Å². The summed E-state index contributed by atoms with van der Waals surface area (Å²) in [5.74, 6) is 0.645. The van der Waals surface area contributed by atoms with Gasteiger partial charge in [0.2, 0.25) is 0 Å². The Labute approximate surface area is 70.7 Å². The highest BCUT2D eigenvalue weighted by Gasteiger charge is 2.09. The molecule has 12 heavy (non-hydrogen) atoms. The number of rotatable bonds is 3. The van der Waals surface area contributed by atoms with Crippen LogP contribution in [0, 0.1) is 5.92 Å². The molecule has 0 aliphatic heterocycles. The number of nitrogens with two attached hydrogens (primary N) is 1. The zero-order valence-corrected chi connectivity index (χ0v) is 7.20. The molecule has 1 aromatic heterocycles. The van der Waals surface area contributed by atoms with Crippen molar-refractivity contribution in [1.29, 1.82) is 0 Å². The van der Waals surface area contributed by atoms with Crippen LogP contribution in [0.3, 0.4) is 0 Å². The summed E-state index contributed by atoms with van der Waals surface area (Å²) >= 11 is 0. The molecule has 4 nitrogen and oxygen atoms in total. The van der Waals surface area contributed by atoms with Gasteiger partial charge in [-0.1, -0.05) is 19.0 Å². The highest BCUT2D eigenvalue weighted by atomic mass is 16.5. The van der Waals surface area contributed by atoms with Gasteiger partial charge in [-0.3, -0.25) is 4.79 Å². The predicted molar refractivity (Wildman–Crippen MR) is 43.6 cm³/mol. The number of primary amides is 1. The molecule has 66 valence electrons. The number of carbonyl (C=O) groups is 1. The summed E-state index contributed by atoms with van der Waals surface area (Å²) in [6, 6.07) is 1.59. The van der Waals surface area contributed by atoms with Crippen molar-refractivity contribution in [1.82, 2.24) is 5.16 Å². The summed E-state index contributed by atoms with van der Waals surface area (Å²) in [5.41, 5.74) is 5.20. The summed E-state index contributed by atoms with van der Waals surface area (Å²) in [6.07, 6.45) is 0.778. The Morgan fingerprint density at radius 2 is 2.42 bits per heavy atom. The van der Waals surface area contributed by atoms with E-state index in [2.05, 4.69) is 19.0 Å². The van der Waals surface area contributed by atoms with E-state index in [4.69, 9.17) is 10.3 Å². The van der Waals surface area contributed by atoms with Crippen molar-refractivity contribution in [3.8, 4) is 0 Å². The van der Waals surface area contributed by atoms with Crippen LogP contribution in [0.25, 0.3) is 0 Å². The molecule has 1 heterocycles. The van der Waals surface area contributed by atoms with Crippen molar-refractivity contribution in [2.75, 3.05) is 0 Å². The maximum absolute atomic E-state index is 10.6. The van der Waals surface area contributed by atoms with Gasteiger partial charge < -0.3 is 10.3 Å². The second kappa shape index (κ2) is 3.38. The van der Waals surface area contributed by atoms with E-state index in [1.807, 2.05) is 0 Å². The second-order valence-electron chi connectivity index (χ2n) is 3.14. The molecule has 0 unspecified atom stereocenters. The average molecular weight is 168 g/mol. The summed E-state index contributed by atoms with van der Waals surface area (Å²) < 4.78 is 4.89. The third kappa shape index (κ3) is 2.08. The first kappa shape index (κ1) is 8.77. The molecule has 0 spiro atoms. The standard InChI is InChI=1S/C8H12N2O2/c1-5(2)3-6-4-7(8(9)11)10-12-6/h4-5H,3H2,1-2H3,(H2,9,11). The van der Waals surface area contributed by atoms with E-state index in [1.165, 1.54) is 0 Å². The molecule has 0 fully saturated rings. The van der Waals surface area contributed by atoms with Gasteiger partial charge in [-0.05, 0) is 5.92 Å². The lowest BCUT2D eigenvalue weighted by Crippen LogP contribution is -2.10. The lowest BCUT2D eigenvalue weighted by molar-refractivity contribution is 0.0991. The first-order valence-electron chi connectivity index (χ1n) is 3.85. The highest BCUT2D eigenvalue weighted by Crippen LogP contribution is 2.08. The molecule has 0 radical (unpaired) electrons. The van der Waals surface area contributed by atoms with Gasteiger partial charge in [0.05, 0.1) is 0 Å². The number of carbonyl (C=O) groups excluding carboxylic acids is 1. The van der Waals surface area contributed by atoms with Crippen LogP contribution in [0.4, 0.5) is 0 Å². The van der Waals surface area contributed by atoms with E-state index >= 15 is 0 Å². The molecule has 0 atom stereocenters. The fourth-order valence-electron chi connectivity index (χ4n) is 0.928. The van der Waals surface area contributed by atoms with Crippen LogP contribution in [0.15, 0.2) is 10.6 Å². The van der Waals surface area contributed by atoms with Gasteiger partial charge in [-0.2, -0.15) is 0 Å². The molecule has 0 aromatic carbocycles. The van der Waals surface area contributed by atoms with Gasteiger partial charge >= 0.3 is 0 Å². The Balaban J connectivity index is 2.71. The van der Waals surface area contributed by atoms with Crippen molar-refractivity contribution in [3.05, 3.63) is 17.5 Å². The molecule has 1 aromatic rings. The van der Waals surface area contributed by atoms with Crippen molar-refractivity contribution in [2.45, 2.75) is 20.3 Å². The Hall–Kier alpha value is -1.32. The van der Waals surface area contributed by atoms with Crippen molar-refractivity contribution < 1.29 is 9.32 Å². The summed E-state index contributed by atoms with van der Waals surface area (Å²) in [7, 11) is 0. The highest BCUT2D eigenvalue weighted by molar-refractivity contribution is 5.90. The minimum Gasteiger partial charge on any atom is -0.364 e. The predicted octanol–water partition coefficient (Wildman–Crippen LogP) is 0.972. The van der Waals surface area contributed by atoms with E-state index in [0.29, 0.717) is 11.7 Å². The first-order valence-corrected chi connectivity index (χ1v) is 3.85. The number of nitrogens with zero attached hydrogens (tertiary/aromatic N) is 1. The van der Waals surface area contributed by atoms with Gasteiger partial charge in [-0.15, -0.1) is 0 Å². The maximum Gasteiger partial charge on any atom is 0.270 e. The lowest BCUT2D eigenvalue weighted by Gasteiger charge is -1.96. The summed E-state index contributed by atoms with van der Waals surface area (Å²) in [5, 5.41) is 3.52. The molecule has 2 N–H and O–H groups in total. The van der Waals surface area contributed by atoms with Crippen LogP contribution >= 0.6 is 0 Å². The van der Waals surface area contributed by atoms with Crippen LogP contribution in [0.1, 0.15) is 30.1 Å². The van der Waals surface area contributed by atoms with Crippen molar-refractivity contribution in [2.24, 2.45) is 11.7 Å². The summed E-state index contributed by atoms with van der Waals surface area (Å²) in [6.45, 7) is 4.12. The van der Waals surface area contributed by atoms with Gasteiger partial charge in [0.15, 0.2) is 5.69 Å². The fourth-order valence-corrected chi connectivity index (χ4v) is 0.928. The Kier molecular flexibility index (Phi) is 2.47. The summed E-state index contributed by atoms with van der Waals surface area (Å²) in [4.78, 5) is 10.6. The van der Waals surface area contributed by atoms with E-state index in [0.717, 1.165) is 6.42 Å². The van der Waals surface area contributed by atoms with Crippen molar-refractivity contribution >= 4 is 5.91 Å². The zero-order valence-electron chi connectivity index (χ0n) is 7.20. The molecule has 1 amide bonds. The minimum atomic E-state index is -0.547. The molecule has 4 heteroatoms. The van der Waals surface area contributed by atoms with Crippen molar-refractivity contribution in [3.63, 3.8) is 0 Å². The van der Waals surface area contributed by atoms with E-state index in [9.17, 15) is 4.79 Å². The number of hydrogen-bond donors (Lipinski definition) is 1. The Morgan fingerprint density at radius 3 is 2.83 bits per heavy atom. The van der Waals surface area contributed by atoms with Gasteiger partial charge in [-0.25, -0.2) is 0 Å². The second-order valence-corrected chi connectivity index (χ2v) is 3.14. The average Bonchev–Trinajstić information content (AvgIpc) is 2.34. The minimum absolute atomic E-state index is 0.200. The fraction of sp³-hybridized carbons (Fsp3) is 0.500. The van der Waals surface area contributed by atoms with Crippen LogP contribution in [0.2, 0.25) is 0 Å². The molecule has 0 bridgehead atoms. The maximum atomic E-state index is 10.6. The van der Waals surface area contributed by atoms with Crippen LogP contribution in [0.5, 0.6) is 0 Å². The third-order valence-corrected chi connectivity index (χ3v) is 1.42. The molecule has 0 aliphatic rings. The topological polar surface area (TPSA) is 69.1 Å². The monoisotopic (exact) mass is 168 g/mol. The van der Waals surface area contributed by atoms with E-state index < -0.39 is 5.91 Å². The lowest BCUT2D eigenvalue weighted by atomic mass is 10.1. The number of amides is 1. The smallest absolute Gasteiger partial charge is 0.270 e. The van der Waals surface area contributed by atoms with Crippen LogP contribution in [-0.4, -0.2) is 11.1 Å². The molecular formula is C8H12N2O2. The molecule has 0 saturated heterocycles. The quantitative estimate of drug-likeness (QED) is 0.731. The SMILES string of the molecule is CC(C)Cc1cc(C(N)=O)no1. The largest absolute Gasteiger partial charge is 0.364 e. The first-order chi connectivity index (χ1) is 5.59. The molecule has 0 aliphatic carbocycles. The van der Waals surface area contributed by atoms with E-state index in [1.54, 1.807) is 6.07 Å². The molecule has 1 rings (SSSR count). The van der Waals surface area contributed by atoms with Crippen LogP contribution in [-0.2, 0) is 6.42 Å².